The van der Waals surface area contributed by atoms with E-state index in [2.05, 4.69) is 47.9 Å². The van der Waals surface area contributed by atoms with E-state index >= 15 is 0 Å². The molecule has 152 valence electrons. The molecule has 2 aromatic carbocycles. The van der Waals surface area contributed by atoms with Crippen LogP contribution in [0.3, 0.4) is 0 Å². The summed E-state index contributed by atoms with van der Waals surface area (Å²) >= 11 is 0. The number of rotatable bonds is 8. The van der Waals surface area contributed by atoms with Crippen molar-refractivity contribution in [1.29, 1.82) is 0 Å². The van der Waals surface area contributed by atoms with Crippen molar-refractivity contribution in [3.8, 4) is 11.5 Å². The van der Waals surface area contributed by atoms with Crippen molar-refractivity contribution in [2.45, 2.75) is 65.5 Å². The first kappa shape index (κ1) is 19.5. The summed E-state index contributed by atoms with van der Waals surface area (Å²) in [6.45, 7) is 10.1. The van der Waals surface area contributed by atoms with E-state index in [-0.39, 0.29) is 0 Å². The van der Waals surface area contributed by atoms with Crippen molar-refractivity contribution < 1.29 is 9.47 Å². The first-order chi connectivity index (χ1) is 13.8. The third-order valence-electron chi connectivity index (χ3n) is 6.06. The summed E-state index contributed by atoms with van der Waals surface area (Å²) in [5.74, 6) is 2.10. The Morgan fingerprint density at radius 1 is 0.679 bits per heavy atom. The van der Waals surface area contributed by atoms with Gasteiger partial charge in [0, 0.05) is 37.3 Å². The number of fused-ring (bicyclic) bond motifs is 5. The maximum absolute atomic E-state index is 6.09. The van der Waals surface area contributed by atoms with Crippen LogP contribution in [0.15, 0.2) is 24.3 Å². The van der Waals surface area contributed by atoms with Crippen molar-refractivity contribution >= 4 is 10.8 Å². The van der Waals surface area contributed by atoms with E-state index in [4.69, 9.17) is 9.47 Å². The lowest BCUT2D eigenvalue weighted by Gasteiger charge is -2.32. The number of hydrogen-bond acceptors (Lipinski definition) is 4. The number of benzene rings is 2. The molecule has 0 amide bonds. The predicted molar refractivity (Wildman–Crippen MR) is 115 cm³/mol. The Balaban J connectivity index is 1.57. The van der Waals surface area contributed by atoms with Gasteiger partial charge in [0.25, 0.3) is 0 Å². The molecule has 28 heavy (non-hydrogen) atoms. The average molecular weight is 383 g/mol. The summed E-state index contributed by atoms with van der Waals surface area (Å²) in [5.41, 5.74) is 2.68. The highest BCUT2D eigenvalue weighted by atomic mass is 16.5. The van der Waals surface area contributed by atoms with Crippen LogP contribution < -0.4 is 9.47 Å². The lowest BCUT2D eigenvalue weighted by molar-refractivity contribution is 0.0933. The molecule has 4 nitrogen and oxygen atoms in total. The van der Waals surface area contributed by atoms with Crippen LogP contribution in [0.25, 0.3) is 10.8 Å². The van der Waals surface area contributed by atoms with Gasteiger partial charge in [0.15, 0.2) is 0 Å². The Hall–Kier alpha value is -1.78. The fourth-order valence-corrected chi connectivity index (χ4v) is 4.41. The molecule has 2 heterocycles. The molecule has 0 saturated carbocycles. The predicted octanol–water partition coefficient (Wildman–Crippen LogP) is 5.52. The Bertz CT molecular complexity index is 738. The molecule has 0 N–H and O–H groups in total. The van der Waals surface area contributed by atoms with E-state index in [0.29, 0.717) is 13.5 Å². The molecule has 0 aliphatic carbocycles. The molecule has 0 saturated heterocycles. The summed E-state index contributed by atoms with van der Waals surface area (Å²) < 4.78 is 12.2. The van der Waals surface area contributed by atoms with Crippen LogP contribution in [0.2, 0.25) is 0 Å². The molecule has 0 radical (unpaired) electrons. The number of nitrogens with zero attached hydrogens (tertiary/aromatic N) is 2. The van der Waals surface area contributed by atoms with Gasteiger partial charge in [-0.2, -0.15) is 0 Å². The number of unbranched alkanes of at least 4 members (excludes halogenated alkanes) is 4. The maximum Gasteiger partial charge on any atom is 0.142 e. The number of hydrogen-bond donors (Lipinski definition) is 0. The highest BCUT2D eigenvalue weighted by molar-refractivity contribution is 5.92. The Labute approximate surface area is 169 Å². The smallest absolute Gasteiger partial charge is 0.142 e. The van der Waals surface area contributed by atoms with Crippen LogP contribution in [-0.2, 0) is 13.1 Å². The third-order valence-corrected chi connectivity index (χ3v) is 6.06. The van der Waals surface area contributed by atoms with Crippen LogP contribution >= 0.6 is 0 Å². The second-order valence-electron chi connectivity index (χ2n) is 8.25. The van der Waals surface area contributed by atoms with Crippen LogP contribution in [0.1, 0.15) is 63.5 Å². The van der Waals surface area contributed by atoms with E-state index in [9.17, 15) is 0 Å². The Morgan fingerprint density at radius 3 is 1.57 bits per heavy atom. The molecule has 2 aromatic rings. The van der Waals surface area contributed by atoms with Crippen LogP contribution in [0, 0.1) is 0 Å². The molecule has 0 bridgehead atoms. The topological polar surface area (TPSA) is 24.9 Å². The summed E-state index contributed by atoms with van der Waals surface area (Å²) in [6.07, 6.45) is 7.59. The zero-order valence-corrected chi connectivity index (χ0v) is 17.5. The lowest BCUT2D eigenvalue weighted by atomic mass is 9.96. The largest absolute Gasteiger partial charge is 0.478 e. The normalized spacial score (nSPS) is 17.1. The van der Waals surface area contributed by atoms with Gasteiger partial charge in [-0.1, -0.05) is 51.7 Å². The van der Waals surface area contributed by atoms with Gasteiger partial charge in [0.2, 0.25) is 0 Å². The Morgan fingerprint density at radius 2 is 1.14 bits per heavy atom. The average Bonchev–Trinajstić information content (AvgIpc) is 2.73. The summed E-state index contributed by atoms with van der Waals surface area (Å²) in [5, 5.41) is 2.66. The van der Waals surface area contributed by atoms with Crippen LogP contribution in [0.5, 0.6) is 11.5 Å². The van der Waals surface area contributed by atoms with Gasteiger partial charge in [0.1, 0.15) is 25.0 Å². The van der Waals surface area contributed by atoms with Gasteiger partial charge in [-0.15, -0.1) is 0 Å². The zero-order valence-electron chi connectivity index (χ0n) is 17.5. The quantitative estimate of drug-likeness (QED) is 0.561. The van der Waals surface area contributed by atoms with Crippen molar-refractivity contribution in [3.63, 3.8) is 0 Å². The Kier molecular flexibility index (Phi) is 6.38. The summed E-state index contributed by atoms with van der Waals surface area (Å²) in [4.78, 5) is 4.87. The molecule has 0 aromatic heterocycles. The first-order valence-corrected chi connectivity index (χ1v) is 11.1. The standard InChI is InChI=1S/C24H34N2O2/c1-3-5-7-13-25-15-21-19-9-12-24-22(20(19)10-11-23(21)27-17-25)16-26(18-28-24)14-8-6-4-2/h9-12H,3-8,13-18H2,1-2H3. The van der Waals surface area contributed by atoms with E-state index in [1.165, 1.54) is 60.4 Å². The zero-order chi connectivity index (χ0) is 19.3. The molecule has 0 fully saturated rings. The minimum atomic E-state index is 0.710. The third kappa shape index (κ3) is 4.13. The molecule has 4 heteroatoms. The minimum absolute atomic E-state index is 0.710. The van der Waals surface area contributed by atoms with Crippen molar-refractivity contribution in [1.82, 2.24) is 9.80 Å². The molecule has 0 unspecified atom stereocenters. The van der Waals surface area contributed by atoms with Gasteiger partial charge in [0.05, 0.1) is 0 Å². The minimum Gasteiger partial charge on any atom is -0.478 e. The highest BCUT2D eigenvalue weighted by Crippen LogP contribution is 2.38. The maximum atomic E-state index is 6.09. The fraction of sp³-hybridized carbons (Fsp3) is 0.583. The van der Waals surface area contributed by atoms with Gasteiger partial charge in [-0.05, 0) is 35.7 Å². The summed E-state index contributed by atoms with van der Waals surface area (Å²) in [7, 11) is 0. The fourth-order valence-electron chi connectivity index (χ4n) is 4.41. The molecule has 0 spiro atoms. The van der Waals surface area contributed by atoms with Gasteiger partial charge >= 0.3 is 0 Å². The van der Waals surface area contributed by atoms with Gasteiger partial charge in [-0.25, -0.2) is 0 Å². The lowest BCUT2D eigenvalue weighted by Crippen LogP contribution is -2.33. The van der Waals surface area contributed by atoms with Crippen molar-refractivity contribution in [2.24, 2.45) is 0 Å². The van der Waals surface area contributed by atoms with Crippen molar-refractivity contribution in [2.75, 3.05) is 26.6 Å². The summed E-state index contributed by atoms with van der Waals surface area (Å²) in [6, 6.07) is 8.80. The van der Waals surface area contributed by atoms with Crippen molar-refractivity contribution in [3.05, 3.63) is 35.4 Å². The second kappa shape index (κ2) is 9.15. The van der Waals surface area contributed by atoms with E-state index in [1.54, 1.807) is 0 Å². The molecule has 2 aliphatic rings. The van der Waals surface area contributed by atoms with Gasteiger partial charge in [-0.3, -0.25) is 9.80 Å². The second-order valence-corrected chi connectivity index (χ2v) is 8.25. The molecule has 4 rings (SSSR count). The van der Waals surface area contributed by atoms with E-state index in [0.717, 1.165) is 37.7 Å². The van der Waals surface area contributed by atoms with E-state index < -0.39 is 0 Å². The first-order valence-electron chi connectivity index (χ1n) is 11.1. The SMILES string of the molecule is CCCCCN1COc2ccc3c4c(ccc3c2C1)OCN(CCCCC)C4. The molecule has 0 atom stereocenters. The van der Waals surface area contributed by atoms with Crippen LogP contribution in [0.4, 0.5) is 0 Å². The number of ether oxygens (including phenoxy) is 2. The molecular weight excluding hydrogens is 348 g/mol. The highest BCUT2D eigenvalue weighted by Gasteiger charge is 2.24. The monoisotopic (exact) mass is 382 g/mol. The van der Waals surface area contributed by atoms with Gasteiger partial charge < -0.3 is 9.47 Å². The molecule has 2 aliphatic heterocycles. The van der Waals surface area contributed by atoms with E-state index in [1.807, 2.05) is 0 Å². The molecular formula is C24H34N2O2. The van der Waals surface area contributed by atoms with Crippen LogP contribution in [-0.4, -0.2) is 36.4 Å².